The average molecular weight is 312 g/mol. The van der Waals surface area contributed by atoms with E-state index in [0.717, 1.165) is 42.7 Å². The van der Waals surface area contributed by atoms with Gasteiger partial charge in [0.25, 0.3) is 0 Å². The Labute approximate surface area is 137 Å². The van der Waals surface area contributed by atoms with Crippen LogP contribution in [0.3, 0.4) is 0 Å². The van der Waals surface area contributed by atoms with Crippen LogP contribution < -0.4 is 5.32 Å². The number of amides is 1. The van der Waals surface area contributed by atoms with E-state index in [2.05, 4.69) is 28.3 Å². The molecule has 5 heteroatoms. The van der Waals surface area contributed by atoms with Crippen molar-refractivity contribution in [1.82, 2.24) is 14.9 Å². The lowest BCUT2D eigenvalue weighted by Gasteiger charge is -2.20. The van der Waals surface area contributed by atoms with Crippen LogP contribution in [0.15, 0.2) is 24.5 Å². The first-order chi connectivity index (χ1) is 11.2. The van der Waals surface area contributed by atoms with E-state index >= 15 is 0 Å². The smallest absolute Gasteiger partial charge is 0.224 e. The lowest BCUT2D eigenvalue weighted by molar-refractivity contribution is -0.130. The second-order valence-electron chi connectivity index (χ2n) is 6.21. The molecule has 0 radical (unpaired) electrons. The number of aromatic nitrogens is 2. The van der Waals surface area contributed by atoms with Gasteiger partial charge in [0.05, 0.1) is 5.52 Å². The minimum Gasteiger partial charge on any atom is -0.369 e. The highest BCUT2D eigenvalue weighted by Gasteiger charge is 2.15. The van der Waals surface area contributed by atoms with E-state index < -0.39 is 0 Å². The van der Waals surface area contributed by atoms with Gasteiger partial charge in [-0.1, -0.05) is 24.5 Å². The average Bonchev–Trinajstić information content (AvgIpc) is 2.84. The largest absolute Gasteiger partial charge is 0.369 e. The molecule has 1 amide bonds. The van der Waals surface area contributed by atoms with Crippen molar-refractivity contribution in [3.63, 3.8) is 0 Å². The zero-order chi connectivity index (χ0) is 16.1. The molecule has 0 atom stereocenters. The molecule has 0 bridgehead atoms. The van der Waals surface area contributed by atoms with Crippen molar-refractivity contribution in [2.75, 3.05) is 25.0 Å². The van der Waals surface area contributed by atoms with Crippen LogP contribution in [0.5, 0.6) is 0 Å². The van der Waals surface area contributed by atoms with Crippen molar-refractivity contribution >= 4 is 22.6 Å². The van der Waals surface area contributed by atoms with E-state index in [1.54, 1.807) is 6.33 Å². The molecule has 1 aliphatic rings. The number of nitrogens with zero attached hydrogens (tertiary/aromatic N) is 3. The lowest BCUT2D eigenvalue weighted by Crippen LogP contribution is -2.32. The van der Waals surface area contributed by atoms with E-state index in [1.807, 2.05) is 17.0 Å². The number of fused-ring (bicyclic) bond motifs is 1. The number of nitrogens with one attached hydrogen (secondary N) is 1. The Balaban J connectivity index is 1.60. The van der Waals surface area contributed by atoms with Gasteiger partial charge < -0.3 is 10.2 Å². The number of likely N-dealkylation sites (tertiary alicyclic amines) is 1. The first-order valence-electron chi connectivity index (χ1n) is 8.47. The molecule has 122 valence electrons. The summed E-state index contributed by atoms with van der Waals surface area (Å²) in [6, 6.07) is 6.12. The molecule has 0 spiro atoms. The van der Waals surface area contributed by atoms with Gasteiger partial charge in [-0.15, -0.1) is 0 Å². The number of benzene rings is 1. The molecular formula is C18H24N4O. The summed E-state index contributed by atoms with van der Waals surface area (Å²) in [4.78, 5) is 22.9. The van der Waals surface area contributed by atoms with Gasteiger partial charge in [-0.25, -0.2) is 9.97 Å². The van der Waals surface area contributed by atoms with Crippen molar-refractivity contribution in [1.29, 1.82) is 0 Å². The van der Waals surface area contributed by atoms with Gasteiger partial charge in [0.1, 0.15) is 12.1 Å². The number of aryl methyl sites for hydroxylation is 1. The van der Waals surface area contributed by atoms with Gasteiger partial charge in [0, 0.05) is 31.4 Å². The molecule has 1 aromatic carbocycles. The summed E-state index contributed by atoms with van der Waals surface area (Å²) in [5.74, 6) is 1.05. The maximum Gasteiger partial charge on any atom is 0.224 e. The topological polar surface area (TPSA) is 58.1 Å². The molecule has 2 heterocycles. The lowest BCUT2D eigenvalue weighted by atomic mass is 10.1. The zero-order valence-electron chi connectivity index (χ0n) is 13.7. The zero-order valence-corrected chi connectivity index (χ0v) is 13.7. The Morgan fingerprint density at radius 3 is 2.74 bits per heavy atom. The molecule has 1 aromatic heterocycles. The summed E-state index contributed by atoms with van der Waals surface area (Å²) in [5, 5.41) is 4.31. The van der Waals surface area contributed by atoms with Crippen molar-refractivity contribution in [2.24, 2.45) is 0 Å². The van der Waals surface area contributed by atoms with Crippen LogP contribution in [0.2, 0.25) is 0 Å². The molecule has 1 N–H and O–H groups in total. The first kappa shape index (κ1) is 15.7. The van der Waals surface area contributed by atoms with Gasteiger partial charge in [-0.3, -0.25) is 4.79 Å². The number of anilines is 1. The summed E-state index contributed by atoms with van der Waals surface area (Å²) in [7, 11) is 0. The minimum atomic E-state index is 0.244. The normalized spacial score (nSPS) is 15.4. The molecule has 0 saturated carbocycles. The second-order valence-corrected chi connectivity index (χ2v) is 6.21. The maximum atomic E-state index is 12.3. The van der Waals surface area contributed by atoms with Crippen LogP contribution in [0.4, 0.5) is 5.82 Å². The summed E-state index contributed by atoms with van der Waals surface area (Å²) in [6.07, 6.45) is 6.83. The van der Waals surface area contributed by atoms with Crippen LogP contribution >= 0.6 is 0 Å². The van der Waals surface area contributed by atoms with Crippen LogP contribution in [0, 0.1) is 6.92 Å². The molecule has 1 aliphatic heterocycles. The van der Waals surface area contributed by atoms with Crippen molar-refractivity contribution in [3.05, 3.63) is 30.1 Å². The Morgan fingerprint density at radius 2 is 1.96 bits per heavy atom. The number of hydrogen-bond acceptors (Lipinski definition) is 4. The van der Waals surface area contributed by atoms with Crippen molar-refractivity contribution in [3.8, 4) is 0 Å². The first-order valence-corrected chi connectivity index (χ1v) is 8.47. The fourth-order valence-corrected chi connectivity index (χ4v) is 3.08. The van der Waals surface area contributed by atoms with Gasteiger partial charge in [-0.05, 0) is 31.9 Å². The molecule has 0 unspecified atom stereocenters. The Morgan fingerprint density at radius 1 is 1.17 bits per heavy atom. The van der Waals surface area contributed by atoms with E-state index in [9.17, 15) is 4.79 Å². The van der Waals surface area contributed by atoms with Gasteiger partial charge in [-0.2, -0.15) is 0 Å². The summed E-state index contributed by atoms with van der Waals surface area (Å²) in [5.41, 5.74) is 2.10. The number of hydrogen-bond donors (Lipinski definition) is 1. The second kappa shape index (κ2) is 7.40. The van der Waals surface area contributed by atoms with Gasteiger partial charge in [0.2, 0.25) is 5.91 Å². The van der Waals surface area contributed by atoms with E-state index in [1.165, 1.54) is 18.4 Å². The summed E-state index contributed by atoms with van der Waals surface area (Å²) < 4.78 is 0. The third kappa shape index (κ3) is 3.97. The molecule has 5 nitrogen and oxygen atoms in total. The minimum absolute atomic E-state index is 0.244. The Kier molecular flexibility index (Phi) is 5.05. The van der Waals surface area contributed by atoms with E-state index in [-0.39, 0.29) is 5.91 Å². The molecule has 2 aromatic rings. The maximum absolute atomic E-state index is 12.3. The van der Waals surface area contributed by atoms with Crippen LogP contribution in [0.1, 0.15) is 37.7 Å². The predicted octanol–water partition coefficient (Wildman–Crippen LogP) is 3.14. The highest BCUT2D eigenvalue weighted by atomic mass is 16.2. The van der Waals surface area contributed by atoms with Crippen molar-refractivity contribution < 1.29 is 4.79 Å². The highest BCUT2D eigenvalue weighted by Crippen LogP contribution is 2.20. The standard InChI is InChI=1S/C18H24N4O/c1-14-6-7-16-15(12-14)18(21-13-20-16)19-9-8-17(23)22-10-4-2-3-5-11-22/h6-7,12-13H,2-5,8-11H2,1H3,(H,19,20,21). The molecule has 23 heavy (non-hydrogen) atoms. The quantitative estimate of drug-likeness (QED) is 0.942. The summed E-state index contributed by atoms with van der Waals surface area (Å²) >= 11 is 0. The molecule has 1 saturated heterocycles. The molecular weight excluding hydrogens is 288 g/mol. The molecule has 1 fully saturated rings. The van der Waals surface area contributed by atoms with E-state index in [0.29, 0.717) is 13.0 Å². The third-order valence-electron chi connectivity index (χ3n) is 4.38. The third-order valence-corrected chi connectivity index (χ3v) is 4.38. The SMILES string of the molecule is Cc1ccc2ncnc(NCCC(=O)N3CCCCCC3)c2c1. The van der Waals surface area contributed by atoms with E-state index in [4.69, 9.17) is 0 Å². The number of rotatable bonds is 4. The number of carbonyl (C=O) groups is 1. The molecule has 0 aliphatic carbocycles. The van der Waals surface area contributed by atoms with Crippen LogP contribution in [-0.4, -0.2) is 40.4 Å². The highest BCUT2D eigenvalue weighted by molar-refractivity contribution is 5.89. The molecule has 3 rings (SSSR count). The van der Waals surface area contributed by atoms with Crippen LogP contribution in [0.25, 0.3) is 10.9 Å². The predicted molar refractivity (Wildman–Crippen MR) is 92.4 cm³/mol. The van der Waals surface area contributed by atoms with Gasteiger partial charge >= 0.3 is 0 Å². The van der Waals surface area contributed by atoms with Crippen molar-refractivity contribution in [2.45, 2.75) is 39.0 Å². The fourth-order valence-electron chi connectivity index (χ4n) is 3.08. The Hall–Kier alpha value is -2.17. The van der Waals surface area contributed by atoms with Crippen LogP contribution in [-0.2, 0) is 4.79 Å². The fraction of sp³-hybridized carbons (Fsp3) is 0.500. The number of carbonyl (C=O) groups excluding carboxylic acids is 1. The summed E-state index contributed by atoms with van der Waals surface area (Å²) in [6.45, 7) is 4.48. The monoisotopic (exact) mass is 312 g/mol. The Bertz CT molecular complexity index is 678. The van der Waals surface area contributed by atoms with Gasteiger partial charge in [0.15, 0.2) is 0 Å².